The molecule has 106 valence electrons. The molecular weight excluding hydrogens is 330 g/mol. The molecule has 0 aliphatic heterocycles. The van der Waals surface area contributed by atoms with Gasteiger partial charge in [-0.15, -0.1) is 0 Å². The molecule has 1 heterocycles. The Bertz CT molecular complexity index is 742. The first-order valence-corrected chi connectivity index (χ1v) is 7.54. The number of anilines is 1. The van der Waals surface area contributed by atoms with Crippen molar-refractivity contribution in [2.24, 2.45) is 0 Å². The van der Waals surface area contributed by atoms with Gasteiger partial charge in [-0.05, 0) is 55.5 Å². The van der Waals surface area contributed by atoms with Gasteiger partial charge in [0.05, 0.1) is 5.69 Å². The molecule has 0 unspecified atom stereocenters. The Labute approximate surface area is 131 Å². The molecule has 0 bridgehead atoms. The number of hydrogen-bond acceptors (Lipinski definition) is 4. The molecule has 1 aliphatic rings. The summed E-state index contributed by atoms with van der Waals surface area (Å²) in [4.78, 5) is 4.51. The van der Waals surface area contributed by atoms with Gasteiger partial charge in [0, 0.05) is 10.2 Å². The summed E-state index contributed by atoms with van der Waals surface area (Å²) in [6, 6.07) is 7.74. The highest BCUT2D eigenvalue weighted by atomic mass is 79.9. The molecule has 5 heteroatoms. The van der Waals surface area contributed by atoms with Crippen LogP contribution in [0.1, 0.15) is 28.8 Å². The highest BCUT2D eigenvalue weighted by Crippen LogP contribution is 2.35. The average Bonchev–Trinajstić information content (AvgIpc) is 2.88. The molecule has 1 aromatic heterocycles. The van der Waals surface area contributed by atoms with Gasteiger partial charge in [-0.25, -0.2) is 4.98 Å². The fraction of sp³-hybridized carbons (Fsp3) is 0.250. The van der Waals surface area contributed by atoms with E-state index in [1.165, 1.54) is 0 Å². The minimum atomic E-state index is 0.343. The number of nitriles is 1. The lowest BCUT2D eigenvalue weighted by Crippen LogP contribution is -2.00. The van der Waals surface area contributed by atoms with E-state index in [4.69, 9.17) is 10.5 Å². The first-order valence-electron chi connectivity index (χ1n) is 6.75. The number of benzene rings is 1. The number of aryl methyl sites for hydroxylation is 3. The molecule has 2 aromatic rings. The topological polar surface area (TPSA) is 71.9 Å². The van der Waals surface area contributed by atoms with Crippen molar-refractivity contribution < 1.29 is 4.74 Å². The second-order valence-electron chi connectivity index (χ2n) is 5.16. The number of nitrogens with zero attached hydrogens (tertiary/aromatic N) is 2. The van der Waals surface area contributed by atoms with E-state index >= 15 is 0 Å². The predicted octanol–water partition coefficient (Wildman–Crippen LogP) is 3.89. The lowest BCUT2D eigenvalue weighted by atomic mass is 10.1. The molecule has 0 saturated carbocycles. The smallest absolute Gasteiger partial charge is 0.237 e. The number of ether oxygens (including phenoxy) is 1. The highest BCUT2D eigenvalue weighted by molar-refractivity contribution is 9.10. The Morgan fingerprint density at radius 2 is 2.14 bits per heavy atom. The molecule has 4 nitrogen and oxygen atoms in total. The van der Waals surface area contributed by atoms with Crippen LogP contribution in [-0.4, -0.2) is 4.98 Å². The van der Waals surface area contributed by atoms with Crippen LogP contribution >= 0.6 is 15.9 Å². The summed E-state index contributed by atoms with van der Waals surface area (Å²) >= 11 is 3.40. The highest BCUT2D eigenvalue weighted by Gasteiger charge is 2.19. The molecule has 0 radical (unpaired) electrons. The van der Waals surface area contributed by atoms with Crippen LogP contribution in [0.15, 0.2) is 22.7 Å². The van der Waals surface area contributed by atoms with Crippen molar-refractivity contribution >= 4 is 21.6 Å². The van der Waals surface area contributed by atoms with Crippen LogP contribution < -0.4 is 10.5 Å². The van der Waals surface area contributed by atoms with E-state index in [0.717, 1.165) is 40.6 Å². The van der Waals surface area contributed by atoms with Crippen LogP contribution in [0, 0.1) is 18.3 Å². The third kappa shape index (κ3) is 2.59. The SMILES string of the molecule is Cc1cc(Br)cc(N)c1Oc1nc2c(cc1C#N)CCC2. The molecule has 1 aromatic carbocycles. The third-order valence-electron chi connectivity index (χ3n) is 3.60. The van der Waals surface area contributed by atoms with Crippen LogP contribution in [0.3, 0.4) is 0 Å². The second kappa shape index (κ2) is 5.38. The minimum absolute atomic E-state index is 0.343. The van der Waals surface area contributed by atoms with Gasteiger partial charge in [0.15, 0.2) is 5.75 Å². The van der Waals surface area contributed by atoms with Crippen LogP contribution in [0.2, 0.25) is 0 Å². The lowest BCUT2D eigenvalue weighted by Gasteiger charge is -2.13. The second-order valence-corrected chi connectivity index (χ2v) is 6.07. The van der Waals surface area contributed by atoms with Gasteiger partial charge in [0.1, 0.15) is 11.6 Å². The van der Waals surface area contributed by atoms with Crippen molar-refractivity contribution in [3.05, 3.63) is 45.1 Å². The zero-order chi connectivity index (χ0) is 15.0. The maximum Gasteiger partial charge on any atom is 0.237 e. The van der Waals surface area contributed by atoms with Crippen molar-refractivity contribution in [1.82, 2.24) is 4.98 Å². The molecule has 21 heavy (non-hydrogen) atoms. The summed E-state index contributed by atoms with van der Waals surface area (Å²) in [6.45, 7) is 1.91. The largest absolute Gasteiger partial charge is 0.435 e. The van der Waals surface area contributed by atoms with Crippen molar-refractivity contribution in [2.75, 3.05) is 5.73 Å². The summed E-state index contributed by atoms with van der Waals surface area (Å²) in [7, 11) is 0. The van der Waals surface area contributed by atoms with E-state index in [0.29, 0.717) is 22.9 Å². The van der Waals surface area contributed by atoms with Gasteiger partial charge in [-0.2, -0.15) is 5.26 Å². The van der Waals surface area contributed by atoms with Gasteiger partial charge < -0.3 is 10.5 Å². The predicted molar refractivity (Wildman–Crippen MR) is 84.3 cm³/mol. The van der Waals surface area contributed by atoms with Crippen molar-refractivity contribution in [1.29, 1.82) is 5.26 Å². The Morgan fingerprint density at radius 3 is 2.86 bits per heavy atom. The molecular formula is C16H14BrN3O. The summed E-state index contributed by atoms with van der Waals surface area (Å²) in [6.07, 6.45) is 3.00. The first-order chi connectivity index (χ1) is 10.1. The molecule has 0 atom stereocenters. The standard InChI is InChI=1S/C16H14BrN3O/c1-9-5-12(17)7-13(19)15(9)21-16-11(8-18)6-10-3-2-4-14(10)20-16/h5-7H,2-4,19H2,1H3. The van der Waals surface area contributed by atoms with Crippen LogP contribution in [0.25, 0.3) is 0 Å². The lowest BCUT2D eigenvalue weighted by molar-refractivity contribution is 0.458. The van der Waals surface area contributed by atoms with E-state index in [9.17, 15) is 5.26 Å². The number of pyridine rings is 1. The van der Waals surface area contributed by atoms with Gasteiger partial charge in [-0.3, -0.25) is 0 Å². The number of fused-ring (bicyclic) bond motifs is 1. The number of nitrogen functional groups attached to an aromatic ring is 1. The fourth-order valence-electron chi connectivity index (χ4n) is 2.60. The average molecular weight is 344 g/mol. The molecule has 1 aliphatic carbocycles. The van der Waals surface area contributed by atoms with Gasteiger partial charge >= 0.3 is 0 Å². The fourth-order valence-corrected chi connectivity index (χ4v) is 3.19. The number of nitrogens with two attached hydrogens (primary N) is 1. The quantitative estimate of drug-likeness (QED) is 0.839. The maximum absolute atomic E-state index is 9.30. The van der Waals surface area contributed by atoms with Crippen molar-refractivity contribution in [3.8, 4) is 17.7 Å². The van der Waals surface area contributed by atoms with E-state index in [-0.39, 0.29) is 0 Å². The van der Waals surface area contributed by atoms with Crippen molar-refractivity contribution in [2.45, 2.75) is 26.2 Å². The summed E-state index contributed by atoms with van der Waals surface area (Å²) in [5.41, 5.74) is 10.1. The van der Waals surface area contributed by atoms with Gasteiger partial charge in [-0.1, -0.05) is 15.9 Å². The molecule has 2 N–H and O–H groups in total. The molecule has 0 amide bonds. The summed E-state index contributed by atoms with van der Waals surface area (Å²) < 4.78 is 6.76. The zero-order valence-corrected chi connectivity index (χ0v) is 13.2. The number of hydrogen-bond donors (Lipinski definition) is 1. The van der Waals surface area contributed by atoms with E-state index < -0.39 is 0 Å². The molecule has 0 fully saturated rings. The monoisotopic (exact) mass is 343 g/mol. The minimum Gasteiger partial charge on any atom is -0.435 e. The van der Waals surface area contributed by atoms with E-state index in [1.54, 1.807) is 6.07 Å². The third-order valence-corrected chi connectivity index (χ3v) is 4.06. The van der Waals surface area contributed by atoms with Crippen molar-refractivity contribution in [3.63, 3.8) is 0 Å². The number of rotatable bonds is 2. The van der Waals surface area contributed by atoms with Crippen LogP contribution in [0.5, 0.6) is 11.6 Å². The molecule has 3 rings (SSSR count). The molecule has 0 spiro atoms. The maximum atomic E-state index is 9.30. The van der Waals surface area contributed by atoms with E-state index in [1.807, 2.05) is 19.1 Å². The van der Waals surface area contributed by atoms with E-state index in [2.05, 4.69) is 27.0 Å². The Morgan fingerprint density at radius 1 is 1.33 bits per heavy atom. The van der Waals surface area contributed by atoms with Crippen LogP contribution in [0.4, 0.5) is 5.69 Å². The van der Waals surface area contributed by atoms with Gasteiger partial charge in [0.25, 0.3) is 0 Å². The Hall–Kier alpha value is -2.06. The molecule has 0 saturated heterocycles. The zero-order valence-electron chi connectivity index (χ0n) is 11.6. The summed E-state index contributed by atoms with van der Waals surface area (Å²) in [5, 5.41) is 9.30. The van der Waals surface area contributed by atoms with Gasteiger partial charge in [0.2, 0.25) is 5.88 Å². The normalized spacial score (nSPS) is 12.8. The number of halogens is 1. The Balaban J connectivity index is 2.05. The Kier molecular flexibility index (Phi) is 3.56. The number of aromatic nitrogens is 1. The first kappa shape index (κ1) is 13.9. The van der Waals surface area contributed by atoms with Crippen LogP contribution in [-0.2, 0) is 12.8 Å². The summed E-state index contributed by atoms with van der Waals surface area (Å²) in [5.74, 6) is 0.899.